The van der Waals surface area contributed by atoms with Crippen LogP contribution in [0.3, 0.4) is 0 Å². The van der Waals surface area contributed by atoms with Crippen molar-refractivity contribution in [1.82, 2.24) is 0 Å². The summed E-state index contributed by atoms with van der Waals surface area (Å²) in [7, 11) is 0. The molecule has 0 aliphatic heterocycles. The molecular weight excluding hydrogens is 256 g/mol. The molecule has 0 aliphatic carbocycles. The molecule has 1 rings (SSSR count). The Bertz CT molecular complexity index is 412. The molecule has 0 amide bonds. The number of nitro groups is 1. The number of unbranched alkanes of at least 4 members (excludes halogenated alkanes) is 1. The fourth-order valence-electron chi connectivity index (χ4n) is 1.76. The maximum absolute atomic E-state index is 11.1. The van der Waals surface area contributed by atoms with Gasteiger partial charge in [-0.05, 0) is 18.6 Å². The molecule has 0 aromatic heterocycles. The van der Waals surface area contributed by atoms with Crippen molar-refractivity contribution in [2.24, 2.45) is 0 Å². The van der Waals surface area contributed by atoms with E-state index in [2.05, 4.69) is 0 Å². The molecule has 100 valence electrons. The first-order valence-corrected chi connectivity index (χ1v) is 6.28. The quantitative estimate of drug-likeness (QED) is 0.612. The van der Waals surface area contributed by atoms with Gasteiger partial charge in [0.2, 0.25) is 0 Å². The number of hydrogen-bond acceptors (Lipinski definition) is 4. The van der Waals surface area contributed by atoms with Crippen molar-refractivity contribution in [2.45, 2.75) is 19.8 Å². The molecule has 0 fully saturated rings. The zero-order chi connectivity index (χ0) is 13.5. The van der Waals surface area contributed by atoms with Crippen LogP contribution in [0.15, 0.2) is 18.2 Å². The van der Waals surface area contributed by atoms with Gasteiger partial charge in [0.05, 0.1) is 11.5 Å². The van der Waals surface area contributed by atoms with Gasteiger partial charge in [0.15, 0.2) is 0 Å². The summed E-state index contributed by atoms with van der Waals surface area (Å²) in [5, 5.41) is 20.2. The second-order valence-corrected chi connectivity index (χ2v) is 4.34. The van der Waals surface area contributed by atoms with Gasteiger partial charge in [-0.3, -0.25) is 10.1 Å². The summed E-state index contributed by atoms with van der Waals surface area (Å²) in [6.45, 7) is 3.02. The highest BCUT2D eigenvalue weighted by Crippen LogP contribution is 2.34. The molecule has 0 atom stereocenters. The highest BCUT2D eigenvalue weighted by Gasteiger charge is 2.22. The molecule has 6 heteroatoms. The second-order valence-electron chi connectivity index (χ2n) is 3.93. The Hall–Kier alpha value is -1.33. The van der Waals surface area contributed by atoms with Crippen molar-refractivity contribution in [3.05, 3.63) is 33.3 Å². The third-order valence-electron chi connectivity index (χ3n) is 2.64. The van der Waals surface area contributed by atoms with Gasteiger partial charge in [-0.1, -0.05) is 31.0 Å². The number of aliphatic hydroxyl groups excluding tert-OH is 1. The van der Waals surface area contributed by atoms with Crippen LogP contribution < -0.4 is 4.90 Å². The van der Waals surface area contributed by atoms with E-state index in [0.717, 1.165) is 12.8 Å². The number of anilines is 1. The van der Waals surface area contributed by atoms with Gasteiger partial charge in [0, 0.05) is 13.1 Å². The number of hydrogen-bond donors (Lipinski definition) is 1. The third-order valence-corrected chi connectivity index (χ3v) is 2.95. The Balaban J connectivity index is 3.10. The lowest BCUT2D eigenvalue weighted by molar-refractivity contribution is -0.384. The molecule has 0 heterocycles. The molecule has 1 N–H and O–H groups in total. The van der Waals surface area contributed by atoms with Crippen LogP contribution >= 0.6 is 11.6 Å². The van der Waals surface area contributed by atoms with Gasteiger partial charge < -0.3 is 10.0 Å². The Labute approximate surface area is 111 Å². The third kappa shape index (κ3) is 3.58. The lowest BCUT2D eigenvalue weighted by Crippen LogP contribution is -2.28. The minimum Gasteiger partial charge on any atom is -0.395 e. The molecular formula is C12H17ClN2O3. The normalized spacial score (nSPS) is 10.4. The standard InChI is InChI=1S/C12H17ClN2O3/c1-2-3-7-14(8-9-16)11-6-4-5-10(13)12(11)15(17)18/h4-6,16H,2-3,7-9H2,1H3. The Morgan fingerprint density at radius 3 is 2.72 bits per heavy atom. The van der Waals surface area contributed by atoms with Crippen LogP contribution in [0.1, 0.15) is 19.8 Å². The highest BCUT2D eigenvalue weighted by molar-refractivity contribution is 6.33. The number of para-hydroxylation sites is 1. The van der Waals surface area contributed by atoms with E-state index in [0.29, 0.717) is 18.8 Å². The molecule has 0 saturated carbocycles. The maximum Gasteiger partial charge on any atom is 0.310 e. The van der Waals surface area contributed by atoms with Gasteiger partial charge in [0.1, 0.15) is 10.7 Å². The highest BCUT2D eigenvalue weighted by atomic mass is 35.5. The zero-order valence-corrected chi connectivity index (χ0v) is 11.1. The predicted octanol–water partition coefficient (Wildman–Crippen LogP) is 2.85. The summed E-state index contributed by atoms with van der Waals surface area (Å²) in [4.78, 5) is 12.4. The number of nitrogens with zero attached hydrogens (tertiary/aromatic N) is 2. The summed E-state index contributed by atoms with van der Waals surface area (Å²) >= 11 is 5.87. The van der Waals surface area contributed by atoms with Crippen molar-refractivity contribution in [1.29, 1.82) is 0 Å². The molecule has 0 spiro atoms. The van der Waals surface area contributed by atoms with Crippen molar-refractivity contribution < 1.29 is 10.0 Å². The van der Waals surface area contributed by atoms with E-state index >= 15 is 0 Å². The van der Waals surface area contributed by atoms with Crippen LogP contribution in [0.5, 0.6) is 0 Å². The average Bonchev–Trinajstić information content (AvgIpc) is 2.33. The van der Waals surface area contributed by atoms with Crippen LogP contribution in [-0.2, 0) is 0 Å². The van der Waals surface area contributed by atoms with E-state index in [1.54, 1.807) is 17.0 Å². The Morgan fingerprint density at radius 1 is 1.44 bits per heavy atom. The van der Waals surface area contributed by atoms with Crippen molar-refractivity contribution in [2.75, 3.05) is 24.6 Å². The van der Waals surface area contributed by atoms with E-state index in [9.17, 15) is 10.1 Å². The first-order chi connectivity index (χ1) is 8.61. The van der Waals surface area contributed by atoms with E-state index in [1.165, 1.54) is 6.07 Å². The van der Waals surface area contributed by atoms with E-state index < -0.39 is 4.92 Å². The first kappa shape index (κ1) is 14.7. The van der Waals surface area contributed by atoms with Gasteiger partial charge in [-0.15, -0.1) is 0 Å². The average molecular weight is 273 g/mol. The lowest BCUT2D eigenvalue weighted by Gasteiger charge is -2.23. The predicted molar refractivity (Wildman–Crippen MR) is 72.3 cm³/mol. The fraction of sp³-hybridized carbons (Fsp3) is 0.500. The maximum atomic E-state index is 11.1. The summed E-state index contributed by atoms with van der Waals surface area (Å²) < 4.78 is 0. The SMILES string of the molecule is CCCCN(CCO)c1cccc(Cl)c1[N+](=O)[O-]. The summed E-state index contributed by atoms with van der Waals surface area (Å²) in [5.74, 6) is 0. The smallest absolute Gasteiger partial charge is 0.310 e. The number of nitro benzene ring substituents is 1. The number of rotatable bonds is 7. The lowest BCUT2D eigenvalue weighted by atomic mass is 10.2. The molecule has 0 unspecified atom stereocenters. The Kier molecular flexibility index (Phi) is 5.88. The summed E-state index contributed by atoms with van der Waals surface area (Å²) in [5.41, 5.74) is 0.374. The molecule has 0 aliphatic rings. The largest absolute Gasteiger partial charge is 0.395 e. The molecule has 1 aromatic rings. The summed E-state index contributed by atoms with van der Waals surface area (Å²) in [6.07, 6.45) is 1.89. The van der Waals surface area contributed by atoms with Crippen molar-refractivity contribution in [3.8, 4) is 0 Å². The number of aliphatic hydroxyl groups is 1. The van der Waals surface area contributed by atoms with Crippen LogP contribution in [0.25, 0.3) is 0 Å². The van der Waals surface area contributed by atoms with Gasteiger partial charge in [-0.2, -0.15) is 0 Å². The Morgan fingerprint density at radius 2 is 2.17 bits per heavy atom. The molecule has 0 radical (unpaired) electrons. The van der Waals surface area contributed by atoms with Crippen LogP contribution in [0, 0.1) is 10.1 Å². The van der Waals surface area contributed by atoms with Gasteiger partial charge in [0.25, 0.3) is 0 Å². The minimum absolute atomic E-state index is 0.0482. The molecule has 5 nitrogen and oxygen atoms in total. The topological polar surface area (TPSA) is 66.6 Å². The van der Waals surface area contributed by atoms with Crippen molar-refractivity contribution in [3.63, 3.8) is 0 Å². The number of halogens is 1. The zero-order valence-electron chi connectivity index (χ0n) is 10.3. The van der Waals surface area contributed by atoms with E-state index in [1.807, 2.05) is 6.92 Å². The molecule has 18 heavy (non-hydrogen) atoms. The van der Waals surface area contributed by atoms with Gasteiger partial charge >= 0.3 is 5.69 Å². The van der Waals surface area contributed by atoms with Crippen LogP contribution in [0.2, 0.25) is 5.02 Å². The summed E-state index contributed by atoms with van der Waals surface area (Å²) in [6, 6.07) is 4.84. The fourth-order valence-corrected chi connectivity index (χ4v) is 2.00. The number of benzene rings is 1. The van der Waals surface area contributed by atoms with Crippen LogP contribution in [-0.4, -0.2) is 29.7 Å². The molecule has 0 bridgehead atoms. The van der Waals surface area contributed by atoms with E-state index in [-0.39, 0.29) is 17.3 Å². The second kappa shape index (κ2) is 7.18. The minimum atomic E-state index is -0.478. The van der Waals surface area contributed by atoms with Crippen molar-refractivity contribution >= 4 is 23.0 Å². The first-order valence-electron chi connectivity index (χ1n) is 5.90. The van der Waals surface area contributed by atoms with E-state index in [4.69, 9.17) is 16.7 Å². The van der Waals surface area contributed by atoms with Crippen LogP contribution in [0.4, 0.5) is 11.4 Å². The van der Waals surface area contributed by atoms with Gasteiger partial charge in [-0.25, -0.2) is 0 Å². The monoisotopic (exact) mass is 272 g/mol. The molecule has 0 saturated heterocycles. The molecule has 1 aromatic carbocycles.